The van der Waals surface area contributed by atoms with Crippen LogP contribution in [0.15, 0.2) is 34.5 Å². The van der Waals surface area contributed by atoms with E-state index in [4.69, 9.17) is 0 Å². The van der Waals surface area contributed by atoms with Gasteiger partial charge in [0, 0.05) is 56.5 Å². The summed E-state index contributed by atoms with van der Waals surface area (Å²) >= 11 is 0. The zero-order chi connectivity index (χ0) is 26.6. The van der Waals surface area contributed by atoms with E-state index in [-0.39, 0.29) is 5.91 Å². The van der Waals surface area contributed by atoms with Crippen molar-refractivity contribution < 1.29 is 23.5 Å². The van der Waals surface area contributed by atoms with E-state index in [0.717, 1.165) is 12.1 Å². The molecule has 198 valence electrons. The van der Waals surface area contributed by atoms with Gasteiger partial charge in [-0.3, -0.25) is 9.79 Å². The molecule has 0 saturated carbocycles. The van der Waals surface area contributed by atoms with Crippen LogP contribution in [0.1, 0.15) is 45.6 Å². The molecule has 0 unspecified atom stereocenters. The third-order valence-corrected chi connectivity index (χ3v) is 6.67. The van der Waals surface area contributed by atoms with Crippen LogP contribution >= 0.6 is 0 Å². The van der Waals surface area contributed by atoms with Crippen molar-refractivity contribution in [3.05, 3.63) is 46.7 Å². The number of aliphatic imine (C=N–C) groups is 1. The van der Waals surface area contributed by atoms with Gasteiger partial charge in [-0.05, 0) is 43.5 Å². The highest BCUT2D eigenvalue weighted by atomic mass is 19.2. The molecule has 1 fully saturated rings. The number of rotatable bonds is 5. The molecule has 0 spiro atoms. The predicted octanol–water partition coefficient (Wildman–Crippen LogP) is 2.67. The molecular weight excluding hydrogens is 468 g/mol. The number of urea groups is 1. The van der Waals surface area contributed by atoms with E-state index in [1.165, 1.54) is 6.07 Å². The Labute approximate surface area is 211 Å². The number of carbonyl (C=O) groups excluding carboxylic acids is 2. The van der Waals surface area contributed by atoms with E-state index in [0.29, 0.717) is 68.0 Å². The molecule has 0 aliphatic carbocycles. The topological polar surface area (TPSA) is 97.3 Å². The minimum atomic E-state index is -0.970. The van der Waals surface area contributed by atoms with Crippen LogP contribution in [0.25, 0.3) is 0 Å². The third-order valence-electron chi connectivity index (χ3n) is 6.67. The Bertz CT molecular complexity index is 1040. The summed E-state index contributed by atoms with van der Waals surface area (Å²) in [6, 6.07) is 2.33. The van der Waals surface area contributed by atoms with Gasteiger partial charge in [0.15, 0.2) is 11.6 Å². The van der Waals surface area contributed by atoms with Crippen LogP contribution in [0.5, 0.6) is 0 Å². The normalized spacial score (nSPS) is 19.3. The maximum Gasteiger partial charge on any atom is 0.319 e. The van der Waals surface area contributed by atoms with E-state index >= 15 is 0 Å². The van der Waals surface area contributed by atoms with Crippen molar-refractivity contribution in [3.63, 3.8) is 0 Å². The van der Waals surface area contributed by atoms with E-state index in [1.807, 2.05) is 27.8 Å². The minimum absolute atomic E-state index is 0.181. The van der Waals surface area contributed by atoms with E-state index in [9.17, 15) is 23.5 Å². The van der Waals surface area contributed by atoms with Crippen LogP contribution in [0.3, 0.4) is 0 Å². The fraction of sp³-hybridized carbons (Fsp3) is 0.577. The highest BCUT2D eigenvalue weighted by Crippen LogP contribution is 2.24. The van der Waals surface area contributed by atoms with Gasteiger partial charge in [0.05, 0.1) is 11.8 Å². The molecule has 1 saturated heterocycles. The van der Waals surface area contributed by atoms with Crippen LogP contribution in [0.4, 0.5) is 13.6 Å². The Morgan fingerprint density at radius 2 is 1.81 bits per heavy atom. The summed E-state index contributed by atoms with van der Waals surface area (Å²) in [5, 5.41) is 15.5. The van der Waals surface area contributed by atoms with Crippen molar-refractivity contribution in [2.24, 2.45) is 10.4 Å². The first-order valence-electron chi connectivity index (χ1n) is 12.3. The summed E-state index contributed by atoms with van der Waals surface area (Å²) in [5.41, 5.74) is 1.66. The number of carbonyl (C=O) groups is 2. The first-order valence-corrected chi connectivity index (χ1v) is 12.3. The van der Waals surface area contributed by atoms with Crippen molar-refractivity contribution in [3.8, 4) is 0 Å². The molecule has 1 aromatic rings. The molecule has 1 atom stereocenters. The van der Waals surface area contributed by atoms with Crippen LogP contribution in [0.2, 0.25) is 0 Å². The Morgan fingerprint density at radius 1 is 1.14 bits per heavy atom. The summed E-state index contributed by atoms with van der Waals surface area (Å²) in [6.07, 6.45) is 1.14. The van der Waals surface area contributed by atoms with Crippen LogP contribution in [-0.2, 0) is 4.79 Å². The molecule has 3 N–H and O–H groups in total. The van der Waals surface area contributed by atoms with Crippen LogP contribution in [0, 0.1) is 17.0 Å². The molecule has 1 aromatic carbocycles. The first-order chi connectivity index (χ1) is 16.9. The van der Waals surface area contributed by atoms with Crippen molar-refractivity contribution in [2.75, 3.05) is 40.3 Å². The number of halogens is 2. The third kappa shape index (κ3) is 6.67. The quantitative estimate of drug-likeness (QED) is 0.536. The summed E-state index contributed by atoms with van der Waals surface area (Å²) in [6.45, 7) is 7.70. The monoisotopic (exact) mass is 505 g/mol. The minimum Gasteiger partial charge on any atom is -0.393 e. The highest BCUT2D eigenvalue weighted by Gasteiger charge is 2.37. The molecule has 2 heterocycles. The molecule has 2 aliphatic heterocycles. The van der Waals surface area contributed by atoms with Gasteiger partial charge in [0.2, 0.25) is 5.91 Å². The SMILES string of the molecule is C/N=C(\C1=C(NC(=O)N[C@H](C(=O)N2CCC(O)CC2)C(C)(C)C)CCN(C)C1)c1ccc(F)c(F)c1. The summed E-state index contributed by atoms with van der Waals surface area (Å²) < 4.78 is 27.5. The van der Waals surface area contributed by atoms with Gasteiger partial charge in [0.25, 0.3) is 0 Å². The zero-order valence-corrected chi connectivity index (χ0v) is 21.7. The molecule has 3 amide bonds. The number of hydrogen-bond acceptors (Lipinski definition) is 5. The molecule has 10 heteroatoms. The lowest BCUT2D eigenvalue weighted by atomic mass is 9.85. The van der Waals surface area contributed by atoms with Gasteiger partial charge in [-0.15, -0.1) is 0 Å². The molecule has 2 aliphatic rings. The highest BCUT2D eigenvalue weighted by molar-refractivity contribution is 6.13. The van der Waals surface area contributed by atoms with Crippen LogP contribution in [-0.4, -0.2) is 85.0 Å². The second kappa shape index (κ2) is 11.5. The number of nitrogens with one attached hydrogen (secondary N) is 2. The van der Waals surface area contributed by atoms with Crippen molar-refractivity contribution >= 4 is 17.6 Å². The Kier molecular flexibility index (Phi) is 8.84. The maximum atomic E-state index is 13.9. The average Bonchev–Trinajstić information content (AvgIpc) is 2.81. The lowest BCUT2D eigenvalue weighted by Gasteiger charge is -2.37. The Balaban J connectivity index is 1.83. The summed E-state index contributed by atoms with van der Waals surface area (Å²) in [5.74, 6) is -2.09. The number of likely N-dealkylation sites (N-methyl/N-ethyl adjacent to an activating group) is 1. The number of likely N-dealkylation sites (tertiary alicyclic amines) is 1. The Morgan fingerprint density at radius 3 is 2.39 bits per heavy atom. The molecule has 0 radical (unpaired) electrons. The van der Waals surface area contributed by atoms with Crippen molar-refractivity contribution in [1.82, 2.24) is 20.4 Å². The van der Waals surface area contributed by atoms with Gasteiger partial charge >= 0.3 is 6.03 Å². The number of hydrogen-bond donors (Lipinski definition) is 3. The fourth-order valence-electron chi connectivity index (χ4n) is 4.56. The fourth-order valence-corrected chi connectivity index (χ4v) is 4.56. The van der Waals surface area contributed by atoms with Gasteiger partial charge in [0.1, 0.15) is 6.04 Å². The summed E-state index contributed by atoms with van der Waals surface area (Å²) in [4.78, 5) is 34.5. The second-order valence-electron chi connectivity index (χ2n) is 10.6. The average molecular weight is 506 g/mol. The second-order valence-corrected chi connectivity index (χ2v) is 10.6. The molecule has 36 heavy (non-hydrogen) atoms. The van der Waals surface area contributed by atoms with Gasteiger partial charge in [-0.1, -0.05) is 20.8 Å². The molecule has 0 bridgehead atoms. The van der Waals surface area contributed by atoms with Crippen LogP contribution < -0.4 is 10.6 Å². The van der Waals surface area contributed by atoms with E-state index in [1.54, 1.807) is 11.9 Å². The number of benzene rings is 1. The number of aliphatic hydroxyl groups excluding tert-OH is 1. The Hall–Kier alpha value is -2.85. The van der Waals surface area contributed by atoms with Gasteiger partial charge in [-0.25, -0.2) is 13.6 Å². The lowest BCUT2D eigenvalue weighted by molar-refractivity contribution is -0.137. The smallest absolute Gasteiger partial charge is 0.319 e. The van der Waals surface area contributed by atoms with Crippen molar-refractivity contribution in [1.29, 1.82) is 0 Å². The standard InChI is InChI=1S/C26H37F2N5O3/c1-26(2,3)23(24(35)33-12-8-17(34)9-13-33)31-25(36)30-21-10-11-32(5)15-18(21)22(29-4)16-6-7-19(27)20(28)14-16/h6-7,14,17,23,34H,8-13,15H2,1-5H3,(H2,30,31,36)/b29-22-/t23-/m1/s1. The molecular formula is C26H37F2N5O3. The largest absolute Gasteiger partial charge is 0.393 e. The first kappa shape index (κ1) is 27.7. The maximum absolute atomic E-state index is 13.9. The summed E-state index contributed by atoms with van der Waals surface area (Å²) in [7, 11) is 3.50. The zero-order valence-electron chi connectivity index (χ0n) is 21.7. The predicted molar refractivity (Wildman–Crippen MR) is 135 cm³/mol. The number of piperidine rings is 1. The van der Waals surface area contributed by atoms with Crippen molar-refractivity contribution in [2.45, 2.75) is 52.2 Å². The lowest BCUT2D eigenvalue weighted by Crippen LogP contribution is -2.58. The van der Waals surface area contributed by atoms with E-state index < -0.39 is 35.2 Å². The number of aliphatic hydroxyl groups is 1. The molecule has 0 aromatic heterocycles. The van der Waals surface area contributed by atoms with Gasteiger partial charge < -0.3 is 25.5 Å². The molecule has 3 rings (SSSR count). The van der Waals surface area contributed by atoms with E-state index in [2.05, 4.69) is 20.5 Å². The molecule has 8 nitrogen and oxygen atoms in total. The number of nitrogens with zero attached hydrogens (tertiary/aromatic N) is 3. The van der Waals surface area contributed by atoms with Gasteiger partial charge in [-0.2, -0.15) is 0 Å². The number of amides is 3.